The Morgan fingerprint density at radius 3 is 2.54 bits per heavy atom. The molecule has 0 unspecified atom stereocenters. The summed E-state index contributed by atoms with van der Waals surface area (Å²) in [5.74, 6) is -0.840. The number of nitrogens with one attached hydrogen (secondary N) is 1. The van der Waals surface area contributed by atoms with E-state index in [0.717, 1.165) is 64.1 Å². The number of hydrogen-bond donors (Lipinski definition) is 1. The van der Waals surface area contributed by atoms with Crippen molar-refractivity contribution in [2.45, 2.75) is 96.4 Å². The molecule has 1 saturated carbocycles. The maximum absolute atomic E-state index is 12.8. The number of hydrogen-bond acceptors (Lipinski definition) is 9. The van der Waals surface area contributed by atoms with Gasteiger partial charge in [0.1, 0.15) is 0 Å². The number of carbonyl (C=O) groups is 2. The Bertz CT molecular complexity index is 1090. The van der Waals surface area contributed by atoms with E-state index in [0.29, 0.717) is 12.5 Å². The fourth-order valence-electron chi connectivity index (χ4n) is 7.48. The Hall–Kier alpha value is -2.08. The van der Waals surface area contributed by atoms with E-state index >= 15 is 0 Å². The van der Waals surface area contributed by atoms with Crippen molar-refractivity contribution in [1.82, 2.24) is 10.2 Å². The number of carbonyl (C=O) groups excluding carboxylic acids is 2. The fourth-order valence-corrected chi connectivity index (χ4v) is 7.48. The van der Waals surface area contributed by atoms with Gasteiger partial charge in [-0.25, -0.2) is 9.78 Å². The minimum absolute atomic E-state index is 0.0186. The van der Waals surface area contributed by atoms with Gasteiger partial charge in [0.25, 0.3) is 0 Å². The van der Waals surface area contributed by atoms with Gasteiger partial charge in [-0.15, -0.1) is 0 Å². The molecule has 1 spiro atoms. The molecule has 10 nitrogen and oxygen atoms in total. The third-order valence-electron chi connectivity index (χ3n) is 9.92. The van der Waals surface area contributed by atoms with Gasteiger partial charge in [0.15, 0.2) is 11.9 Å². The van der Waals surface area contributed by atoms with Crippen LogP contribution in [-0.2, 0) is 51.4 Å². The minimum Gasteiger partial charge on any atom is -0.435 e. The van der Waals surface area contributed by atoms with Crippen molar-refractivity contribution in [1.29, 1.82) is 0 Å². The molecule has 2 bridgehead atoms. The van der Waals surface area contributed by atoms with Crippen LogP contribution in [0, 0.1) is 23.7 Å². The van der Waals surface area contributed by atoms with Gasteiger partial charge in [-0.3, -0.25) is 14.5 Å². The zero-order valence-corrected chi connectivity index (χ0v) is 24.5. The Morgan fingerprint density at radius 2 is 1.76 bits per heavy atom. The highest BCUT2D eigenvalue weighted by atomic mass is 17.3. The lowest BCUT2D eigenvalue weighted by molar-refractivity contribution is -0.576. The number of morpholine rings is 1. The number of amides is 1. The molecule has 1 aliphatic carbocycles. The SMILES string of the molecule is C[C@H]1[C@H](OC(=O)CCC(=O)NCc2ccc(CN3CCOCC3)cc2)O[C@@H]2O[C@@]3(C)CC[C@@H]4[C@H](C)CC[C@H]1[C@@]24OO3. The average molecular weight is 573 g/mol. The largest absolute Gasteiger partial charge is 0.435 e. The van der Waals surface area contributed by atoms with Gasteiger partial charge in [-0.05, 0) is 49.1 Å². The van der Waals surface area contributed by atoms with E-state index in [1.54, 1.807) is 0 Å². The molecular weight excluding hydrogens is 528 g/mol. The summed E-state index contributed by atoms with van der Waals surface area (Å²) >= 11 is 0. The van der Waals surface area contributed by atoms with Crippen LogP contribution in [0.3, 0.4) is 0 Å². The topological polar surface area (TPSA) is 105 Å². The summed E-state index contributed by atoms with van der Waals surface area (Å²) in [4.78, 5) is 39.7. The monoisotopic (exact) mass is 572 g/mol. The molecule has 41 heavy (non-hydrogen) atoms. The Morgan fingerprint density at radius 1 is 1.00 bits per heavy atom. The van der Waals surface area contributed by atoms with Gasteiger partial charge in [-0.2, -0.15) is 0 Å². The zero-order chi connectivity index (χ0) is 28.6. The summed E-state index contributed by atoms with van der Waals surface area (Å²) < 4.78 is 23.9. The molecule has 1 N–H and O–H groups in total. The van der Waals surface area contributed by atoms with Gasteiger partial charge >= 0.3 is 5.97 Å². The molecule has 226 valence electrons. The maximum atomic E-state index is 12.8. The molecule has 5 aliphatic heterocycles. The molecule has 6 aliphatic rings. The minimum atomic E-state index is -0.881. The van der Waals surface area contributed by atoms with Crippen LogP contribution < -0.4 is 5.32 Å². The molecule has 1 amide bonds. The van der Waals surface area contributed by atoms with E-state index in [4.69, 9.17) is 28.7 Å². The molecule has 0 radical (unpaired) electrons. The molecule has 1 aromatic carbocycles. The highest BCUT2D eigenvalue weighted by molar-refractivity contribution is 5.81. The molecule has 5 saturated heterocycles. The maximum Gasteiger partial charge on any atom is 0.308 e. The lowest BCUT2D eigenvalue weighted by Gasteiger charge is -2.59. The van der Waals surface area contributed by atoms with Crippen molar-refractivity contribution in [3.05, 3.63) is 35.4 Å². The van der Waals surface area contributed by atoms with E-state index < -0.39 is 29.9 Å². The summed E-state index contributed by atoms with van der Waals surface area (Å²) in [6.45, 7) is 11.0. The van der Waals surface area contributed by atoms with E-state index in [2.05, 4.69) is 29.3 Å². The van der Waals surface area contributed by atoms with E-state index in [-0.39, 0.29) is 36.5 Å². The quantitative estimate of drug-likeness (QED) is 0.369. The smallest absolute Gasteiger partial charge is 0.308 e. The van der Waals surface area contributed by atoms with Crippen LogP contribution in [0.1, 0.15) is 70.4 Å². The number of fused-ring (bicyclic) bond motifs is 2. The lowest BCUT2D eigenvalue weighted by Crippen LogP contribution is -2.70. The van der Waals surface area contributed by atoms with Crippen molar-refractivity contribution in [2.24, 2.45) is 23.7 Å². The van der Waals surface area contributed by atoms with Gasteiger partial charge in [-0.1, -0.05) is 38.1 Å². The van der Waals surface area contributed by atoms with Crippen LogP contribution in [0.4, 0.5) is 0 Å². The van der Waals surface area contributed by atoms with Crippen LogP contribution in [-0.4, -0.2) is 67.0 Å². The number of esters is 1. The zero-order valence-electron chi connectivity index (χ0n) is 24.5. The standard InChI is InChI=1S/C31H44N2O8/c1-20-4-9-25-21(2)28(38-29-31(25)24(20)12-13-30(3,39-29)40-41-31)37-27(35)11-10-26(34)32-18-22-5-7-23(8-6-22)19-33-14-16-36-17-15-33/h5-8,20-21,24-25,28-29H,4,9-19H2,1-3H3,(H,32,34)/t20-,21-,24-,25-,28-,29-,30-,31-/m1/s1. The third kappa shape index (κ3) is 5.92. The van der Waals surface area contributed by atoms with Crippen LogP contribution in [0.5, 0.6) is 0 Å². The van der Waals surface area contributed by atoms with Crippen molar-refractivity contribution in [3.8, 4) is 0 Å². The number of ether oxygens (including phenoxy) is 4. The first kappa shape index (κ1) is 29.0. The predicted molar refractivity (Wildman–Crippen MR) is 147 cm³/mol. The second-order valence-corrected chi connectivity index (χ2v) is 12.7. The Kier molecular flexibility index (Phi) is 8.42. The molecular formula is C31H44N2O8. The lowest BCUT2D eigenvalue weighted by atomic mass is 9.58. The number of rotatable bonds is 8. The normalized spacial score (nSPS) is 38.5. The molecule has 1 aromatic rings. The molecule has 5 heterocycles. The van der Waals surface area contributed by atoms with Crippen molar-refractivity contribution in [2.75, 3.05) is 26.3 Å². The highest BCUT2D eigenvalue weighted by Crippen LogP contribution is 2.60. The summed E-state index contributed by atoms with van der Waals surface area (Å²) in [6.07, 6.45) is 2.27. The molecule has 0 aromatic heterocycles. The second-order valence-electron chi connectivity index (χ2n) is 12.7. The van der Waals surface area contributed by atoms with Gasteiger partial charge in [0.2, 0.25) is 18.0 Å². The third-order valence-corrected chi connectivity index (χ3v) is 9.92. The highest BCUT2D eigenvalue weighted by Gasteiger charge is 2.69. The summed E-state index contributed by atoms with van der Waals surface area (Å²) in [7, 11) is 0. The van der Waals surface area contributed by atoms with Crippen LogP contribution in [0.2, 0.25) is 0 Å². The molecule has 10 heteroatoms. The second kappa shape index (κ2) is 11.9. The molecule has 8 atom stereocenters. The van der Waals surface area contributed by atoms with Gasteiger partial charge in [0.05, 0.1) is 19.6 Å². The number of benzene rings is 1. The summed E-state index contributed by atoms with van der Waals surface area (Å²) in [5, 5.41) is 2.91. The Labute approximate surface area is 242 Å². The van der Waals surface area contributed by atoms with E-state index in [1.807, 2.05) is 26.0 Å². The Balaban J connectivity index is 0.981. The molecule has 7 rings (SSSR count). The van der Waals surface area contributed by atoms with Crippen molar-refractivity contribution < 1.29 is 38.3 Å². The van der Waals surface area contributed by atoms with Crippen molar-refractivity contribution in [3.63, 3.8) is 0 Å². The van der Waals surface area contributed by atoms with E-state index in [1.165, 1.54) is 5.56 Å². The van der Waals surface area contributed by atoms with Crippen LogP contribution in [0.25, 0.3) is 0 Å². The van der Waals surface area contributed by atoms with Crippen LogP contribution >= 0.6 is 0 Å². The average Bonchev–Trinajstić information content (AvgIpc) is 3.20. The summed E-state index contributed by atoms with van der Waals surface area (Å²) in [5.41, 5.74) is 1.56. The molecule has 6 fully saturated rings. The summed E-state index contributed by atoms with van der Waals surface area (Å²) in [6, 6.07) is 8.26. The first-order valence-electron chi connectivity index (χ1n) is 15.3. The first-order chi connectivity index (χ1) is 19.8. The van der Waals surface area contributed by atoms with Gasteiger partial charge in [0, 0.05) is 50.9 Å². The van der Waals surface area contributed by atoms with Crippen LogP contribution in [0.15, 0.2) is 24.3 Å². The van der Waals surface area contributed by atoms with Gasteiger partial charge < -0.3 is 24.3 Å². The van der Waals surface area contributed by atoms with E-state index in [9.17, 15) is 9.59 Å². The fraction of sp³-hybridized carbons (Fsp3) is 0.742. The van der Waals surface area contributed by atoms with Crippen molar-refractivity contribution >= 4 is 11.9 Å². The number of nitrogens with zero attached hydrogens (tertiary/aromatic N) is 1. The first-order valence-corrected chi connectivity index (χ1v) is 15.3. The predicted octanol–water partition coefficient (Wildman–Crippen LogP) is 3.67.